The molecule has 7 heteroatoms. The van der Waals surface area contributed by atoms with E-state index in [0.29, 0.717) is 5.69 Å². The zero-order valence-electron chi connectivity index (χ0n) is 13.0. The van der Waals surface area contributed by atoms with E-state index in [2.05, 4.69) is 4.74 Å². The normalized spacial score (nSPS) is 15.5. The van der Waals surface area contributed by atoms with Crippen LogP contribution in [0.25, 0.3) is 0 Å². The third-order valence-electron chi connectivity index (χ3n) is 3.71. The molecule has 1 aliphatic heterocycles. The fraction of sp³-hybridized carbons (Fsp3) is 0.118. The molecule has 0 amide bonds. The maximum absolute atomic E-state index is 13.6. The Morgan fingerprint density at radius 2 is 1.79 bits per heavy atom. The van der Waals surface area contributed by atoms with Gasteiger partial charge in [-0.3, -0.25) is 0 Å². The summed E-state index contributed by atoms with van der Waals surface area (Å²) < 4.78 is 43.4. The van der Waals surface area contributed by atoms with Gasteiger partial charge in [-0.15, -0.1) is 0 Å². The van der Waals surface area contributed by atoms with E-state index in [1.807, 2.05) is 19.1 Å². The summed E-state index contributed by atoms with van der Waals surface area (Å²) >= 11 is 0. The number of nitrogens with zero attached hydrogens (tertiary/aromatic N) is 1. The maximum atomic E-state index is 13.6. The van der Waals surface area contributed by atoms with Gasteiger partial charge in [-0.05, 0) is 37.3 Å². The van der Waals surface area contributed by atoms with Crippen LogP contribution in [-0.2, 0) is 19.4 Å². The van der Waals surface area contributed by atoms with Crippen molar-refractivity contribution < 1.29 is 22.3 Å². The number of benzene rings is 2. The van der Waals surface area contributed by atoms with E-state index in [4.69, 9.17) is 0 Å². The SMILES string of the molecule is COC(=O)C1=CN(c2ccc(C)cc2)c2ccc(F)cc2S1(=O)=O. The number of halogens is 1. The lowest BCUT2D eigenvalue weighted by molar-refractivity contribution is -0.135. The van der Waals surface area contributed by atoms with Crippen LogP contribution in [0.3, 0.4) is 0 Å². The van der Waals surface area contributed by atoms with Gasteiger partial charge in [0.05, 0.1) is 17.7 Å². The van der Waals surface area contributed by atoms with Gasteiger partial charge in [0.25, 0.3) is 0 Å². The van der Waals surface area contributed by atoms with E-state index in [1.54, 1.807) is 12.1 Å². The molecule has 24 heavy (non-hydrogen) atoms. The molecule has 5 nitrogen and oxygen atoms in total. The second-order valence-electron chi connectivity index (χ2n) is 5.31. The van der Waals surface area contributed by atoms with Crippen LogP contribution >= 0.6 is 0 Å². The Hall–Kier alpha value is -2.67. The highest BCUT2D eigenvalue weighted by molar-refractivity contribution is 7.96. The van der Waals surface area contributed by atoms with Gasteiger partial charge in [0.15, 0.2) is 4.91 Å². The molecule has 0 radical (unpaired) electrons. The lowest BCUT2D eigenvalue weighted by atomic mass is 10.2. The third-order valence-corrected chi connectivity index (χ3v) is 5.46. The van der Waals surface area contributed by atoms with Crippen molar-refractivity contribution in [1.29, 1.82) is 0 Å². The molecule has 2 aromatic carbocycles. The maximum Gasteiger partial charge on any atom is 0.351 e. The number of fused-ring (bicyclic) bond motifs is 1. The summed E-state index contributed by atoms with van der Waals surface area (Å²) in [6, 6.07) is 10.7. The molecule has 0 fully saturated rings. The molecule has 0 atom stereocenters. The quantitative estimate of drug-likeness (QED) is 0.781. The van der Waals surface area contributed by atoms with Crippen LogP contribution in [0.4, 0.5) is 15.8 Å². The molecular formula is C17H14FNO4S. The first kappa shape index (κ1) is 16.2. The Balaban J connectivity index is 2.28. The van der Waals surface area contributed by atoms with Crippen LogP contribution in [0.2, 0.25) is 0 Å². The molecule has 2 aromatic rings. The van der Waals surface area contributed by atoms with Gasteiger partial charge in [-0.1, -0.05) is 17.7 Å². The fourth-order valence-electron chi connectivity index (χ4n) is 2.46. The minimum Gasteiger partial charge on any atom is -0.465 e. The molecule has 1 aliphatic rings. The van der Waals surface area contributed by atoms with Crippen LogP contribution < -0.4 is 4.90 Å². The Morgan fingerprint density at radius 1 is 1.12 bits per heavy atom. The Labute approximate surface area is 138 Å². The highest BCUT2D eigenvalue weighted by atomic mass is 32.2. The number of carbonyl (C=O) groups is 1. The van der Waals surface area contributed by atoms with Crippen molar-refractivity contribution in [3.63, 3.8) is 0 Å². The Bertz CT molecular complexity index is 949. The highest BCUT2D eigenvalue weighted by Crippen LogP contribution is 2.40. The molecule has 124 valence electrons. The topological polar surface area (TPSA) is 63.7 Å². The molecule has 0 N–H and O–H groups in total. The first-order chi connectivity index (χ1) is 11.3. The van der Waals surface area contributed by atoms with Crippen molar-refractivity contribution in [3.05, 3.63) is 65.0 Å². The van der Waals surface area contributed by atoms with Gasteiger partial charge in [0.1, 0.15) is 5.82 Å². The molecule has 0 unspecified atom stereocenters. The summed E-state index contributed by atoms with van der Waals surface area (Å²) in [6.45, 7) is 1.92. The first-order valence-corrected chi connectivity index (χ1v) is 8.53. The summed E-state index contributed by atoms with van der Waals surface area (Å²) in [6.07, 6.45) is 1.20. The number of esters is 1. The van der Waals surface area contributed by atoms with Crippen LogP contribution in [0, 0.1) is 12.7 Å². The number of hydrogen-bond donors (Lipinski definition) is 0. The van der Waals surface area contributed by atoms with Gasteiger partial charge < -0.3 is 9.64 Å². The van der Waals surface area contributed by atoms with Crippen molar-refractivity contribution in [3.8, 4) is 0 Å². The molecular weight excluding hydrogens is 333 g/mol. The smallest absolute Gasteiger partial charge is 0.351 e. The van der Waals surface area contributed by atoms with Crippen LogP contribution in [0.5, 0.6) is 0 Å². The van der Waals surface area contributed by atoms with Crippen molar-refractivity contribution >= 4 is 27.2 Å². The zero-order valence-corrected chi connectivity index (χ0v) is 13.8. The van der Waals surface area contributed by atoms with E-state index in [9.17, 15) is 17.6 Å². The molecule has 0 bridgehead atoms. The predicted molar refractivity (Wildman–Crippen MR) is 87.0 cm³/mol. The second-order valence-corrected chi connectivity index (χ2v) is 7.19. The highest BCUT2D eigenvalue weighted by Gasteiger charge is 2.36. The van der Waals surface area contributed by atoms with Gasteiger partial charge in [-0.25, -0.2) is 17.6 Å². The summed E-state index contributed by atoms with van der Waals surface area (Å²) in [4.78, 5) is 12.6. The Morgan fingerprint density at radius 3 is 2.42 bits per heavy atom. The molecule has 0 saturated heterocycles. The number of ether oxygens (including phenoxy) is 1. The van der Waals surface area contributed by atoms with E-state index < -0.39 is 26.5 Å². The lowest BCUT2D eigenvalue weighted by Gasteiger charge is -2.28. The summed E-state index contributed by atoms with van der Waals surface area (Å²) in [7, 11) is -3.07. The molecule has 0 aromatic heterocycles. The molecule has 0 saturated carbocycles. The summed E-state index contributed by atoms with van der Waals surface area (Å²) in [5.41, 5.74) is 1.94. The van der Waals surface area contributed by atoms with Crippen molar-refractivity contribution in [2.24, 2.45) is 0 Å². The average molecular weight is 347 g/mol. The first-order valence-electron chi connectivity index (χ1n) is 7.05. The summed E-state index contributed by atoms with van der Waals surface area (Å²) in [5.74, 6) is -1.70. The standard InChI is InChI=1S/C17H14FNO4S/c1-11-3-6-13(7-4-11)19-10-16(17(20)23-2)24(21,22)15-9-12(18)5-8-14(15)19/h3-10H,1-2H3. The van der Waals surface area contributed by atoms with Crippen LogP contribution in [0.1, 0.15) is 5.56 Å². The Kier molecular flexibility index (Phi) is 3.88. The molecule has 0 aliphatic carbocycles. The predicted octanol–water partition coefficient (Wildman–Crippen LogP) is 3.07. The van der Waals surface area contributed by atoms with E-state index >= 15 is 0 Å². The molecule has 0 spiro atoms. The lowest BCUT2D eigenvalue weighted by Crippen LogP contribution is -2.26. The number of rotatable bonds is 2. The zero-order chi connectivity index (χ0) is 17.5. The van der Waals surface area contributed by atoms with Crippen molar-refractivity contribution in [1.82, 2.24) is 0 Å². The van der Waals surface area contributed by atoms with Gasteiger partial charge in [0.2, 0.25) is 9.84 Å². The van der Waals surface area contributed by atoms with E-state index in [-0.39, 0.29) is 10.6 Å². The van der Waals surface area contributed by atoms with E-state index in [1.165, 1.54) is 23.2 Å². The van der Waals surface area contributed by atoms with Crippen molar-refractivity contribution in [2.75, 3.05) is 12.0 Å². The van der Waals surface area contributed by atoms with Gasteiger partial charge in [-0.2, -0.15) is 0 Å². The second kappa shape index (κ2) is 5.76. The fourth-order valence-corrected chi connectivity index (χ4v) is 3.95. The number of hydrogen-bond acceptors (Lipinski definition) is 5. The largest absolute Gasteiger partial charge is 0.465 e. The molecule has 3 rings (SSSR count). The number of methoxy groups -OCH3 is 1. The van der Waals surface area contributed by atoms with Crippen molar-refractivity contribution in [2.45, 2.75) is 11.8 Å². The minimum absolute atomic E-state index is 0.271. The van der Waals surface area contributed by atoms with Crippen LogP contribution in [-0.4, -0.2) is 21.5 Å². The van der Waals surface area contributed by atoms with Gasteiger partial charge in [0, 0.05) is 11.9 Å². The number of carbonyl (C=O) groups excluding carboxylic acids is 1. The monoisotopic (exact) mass is 347 g/mol. The number of sulfone groups is 1. The minimum atomic E-state index is -4.16. The van der Waals surface area contributed by atoms with E-state index in [0.717, 1.165) is 18.7 Å². The van der Waals surface area contributed by atoms with Gasteiger partial charge >= 0.3 is 5.97 Å². The summed E-state index contributed by atoms with van der Waals surface area (Å²) in [5, 5.41) is 0. The third kappa shape index (κ3) is 2.56. The molecule has 1 heterocycles. The average Bonchev–Trinajstić information content (AvgIpc) is 2.56. The number of aryl methyl sites for hydroxylation is 1. The van der Waals surface area contributed by atoms with Crippen LogP contribution in [0.15, 0.2) is 58.5 Å². The number of anilines is 2.